The minimum atomic E-state index is -3.84. The van der Waals surface area contributed by atoms with E-state index in [-0.39, 0.29) is 17.4 Å². The predicted octanol–water partition coefficient (Wildman–Crippen LogP) is 2.77. The highest BCUT2D eigenvalue weighted by atomic mass is 35.5. The molecule has 132 valence electrons. The number of hydrogen-bond acceptors (Lipinski definition) is 5. The molecule has 2 heterocycles. The molecule has 0 aliphatic heterocycles. The summed E-state index contributed by atoms with van der Waals surface area (Å²) in [6, 6.07) is 5.17. The smallest absolute Gasteiger partial charge is 0.267 e. The van der Waals surface area contributed by atoms with Crippen molar-refractivity contribution in [3.63, 3.8) is 0 Å². The number of nitrogens with one attached hydrogen (secondary N) is 2. The molecule has 2 aromatic heterocycles. The van der Waals surface area contributed by atoms with Crippen LogP contribution in [0, 0.1) is 13.8 Å². The van der Waals surface area contributed by atoms with Gasteiger partial charge >= 0.3 is 0 Å². The van der Waals surface area contributed by atoms with Crippen LogP contribution in [0.3, 0.4) is 0 Å². The van der Waals surface area contributed by atoms with Gasteiger partial charge < -0.3 is 0 Å². The van der Waals surface area contributed by atoms with Gasteiger partial charge in [0.25, 0.3) is 16.0 Å². The Morgan fingerprint density at radius 3 is 2.52 bits per heavy atom. The summed E-state index contributed by atoms with van der Waals surface area (Å²) in [6.07, 6.45) is 1.40. The molecule has 0 radical (unpaired) electrons. The first kappa shape index (κ1) is 17.7. The van der Waals surface area contributed by atoms with E-state index >= 15 is 0 Å². The number of sulfonamides is 1. The number of anilines is 1. The molecule has 1 aromatic carbocycles. The molecule has 0 amide bonds. The highest BCUT2D eigenvalue weighted by molar-refractivity contribution is 7.92. The van der Waals surface area contributed by atoms with Gasteiger partial charge in [0.1, 0.15) is 11.2 Å². The molecular weight excluding hydrogens is 387 g/mol. The average molecular weight is 401 g/mol. The number of nitrogens with zero attached hydrogens (tertiary/aromatic N) is 4. The van der Waals surface area contributed by atoms with Crippen molar-refractivity contribution in [1.82, 2.24) is 25.0 Å². The lowest BCUT2D eigenvalue weighted by Crippen LogP contribution is -2.16. The number of benzene rings is 1. The minimum Gasteiger partial charge on any atom is -0.281 e. The quantitative estimate of drug-likeness (QED) is 0.684. The highest BCUT2D eigenvalue weighted by Gasteiger charge is 2.23. The Labute approximate surface area is 154 Å². The third-order valence-electron chi connectivity index (χ3n) is 3.47. The van der Waals surface area contributed by atoms with Crippen LogP contribution in [-0.2, 0) is 16.6 Å². The number of hydrogen-bond donors (Lipinski definition) is 2. The number of aromatic nitrogens is 5. The van der Waals surface area contributed by atoms with Crippen molar-refractivity contribution in [3.05, 3.63) is 51.5 Å². The van der Waals surface area contributed by atoms with Crippen molar-refractivity contribution in [2.45, 2.75) is 25.3 Å². The molecule has 2 N–H and O–H groups in total. The van der Waals surface area contributed by atoms with E-state index in [2.05, 4.69) is 25.0 Å². The fourth-order valence-corrected chi connectivity index (χ4v) is 4.21. The molecule has 0 aliphatic rings. The Kier molecular flexibility index (Phi) is 4.72. The molecule has 0 atom stereocenters. The molecular formula is C14H14Cl2N6O2S. The predicted molar refractivity (Wildman–Crippen MR) is 94.5 cm³/mol. The lowest BCUT2D eigenvalue weighted by molar-refractivity contribution is 0.599. The summed E-state index contributed by atoms with van der Waals surface area (Å²) in [5, 5.41) is 11.6. The third kappa shape index (κ3) is 3.63. The first-order chi connectivity index (χ1) is 11.8. The zero-order valence-electron chi connectivity index (χ0n) is 13.3. The van der Waals surface area contributed by atoms with Gasteiger partial charge in [0.05, 0.1) is 17.9 Å². The molecule has 0 fully saturated rings. The zero-order chi connectivity index (χ0) is 18.2. The molecule has 3 rings (SSSR count). The zero-order valence-corrected chi connectivity index (χ0v) is 15.6. The Hall–Kier alpha value is -2.10. The molecule has 0 saturated carbocycles. The maximum absolute atomic E-state index is 12.5. The number of halogens is 2. The standard InChI is InChI=1S/C14H14Cl2N6O2S/c1-8-13(9(2)19-18-8)25(23,24)21-14-17-7-22(20-14)6-10-11(15)4-3-5-12(10)16/h3-5,7H,6H2,1-2H3,(H,18,19)(H,20,21). The van der Waals surface area contributed by atoms with Gasteiger partial charge in [0.2, 0.25) is 0 Å². The van der Waals surface area contributed by atoms with Crippen LogP contribution in [0.2, 0.25) is 10.0 Å². The largest absolute Gasteiger partial charge is 0.281 e. The van der Waals surface area contributed by atoms with E-state index < -0.39 is 10.0 Å². The van der Waals surface area contributed by atoms with E-state index in [1.165, 1.54) is 11.0 Å². The first-order valence-corrected chi connectivity index (χ1v) is 9.38. The van der Waals surface area contributed by atoms with Crippen molar-refractivity contribution in [2.75, 3.05) is 4.72 Å². The summed E-state index contributed by atoms with van der Waals surface area (Å²) >= 11 is 12.3. The van der Waals surface area contributed by atoms with E-state index in [0.29, 0.717) is 27.0 Å². The second-order valence-corrected chi connectivity index (χ2v) is 7.77. The molecule has 8 nitrogen and oxygen atoms in total. The van der Waals surface area contributed by atoms with E-state index in [4.69, 9.17) is 23.2 Å². The van der Waals surface area contributed by atoms with Gasteiger partial charge in [-0.2, -0.15) is 10.1 Å². The van der Waals surface area contributed by atoms with Crippen molar-refractivity contribution in [2.24, 2.45) is 0 Å². The summed E-state index contributed by atoms with van der Waals surface area (Å²) < 4.78 is 28.7. The molecule has 0 unspecified atom stereocenters. The molecule has 3 aromatic rings. The Balaban J connectivity index is 1.83. The lowest BCUT2D eigenvalue weighted by Gasteiger charge is -2.06. The van der Waals surface area contributed by atoms with Gasteiger partial charge in [-0.15, -0.1) is 5.10 Å². The van der Waals surface area contributed by atoms with Crippen molar-refractivity contribution in [1.29, 1.82) is 0 Å². The second-order valence-electron chi connectivity index (χ2n) is 5.33. The second kappa shape index (κ2) is 6.66. The third-order valence-corrected chi connectivity index (χ3v) is 5.77. The Bertz CT molecular complexity index is 988. The highest BCUT2D eigenvalue weighted by Crippen LogP contribution is 2.25. The number of aromatic amines is 1. The van der Waals surface area contributed by atoms with Crippen LogP contribution in [0.25, 0.3) is 0 Å². The Morgan fingerprint density at radius 1 is 1.24 bits per heavy atom. The fraction of sp³-hybridized carbons (Fsp3) is 0.214. The van der Waals surface area contributed by atoms with Gasteiger partial charge in [-0.3, -0.25) is 5.10 Å². The van der Waals surface area contributed by atoms with E-state index in [9.17, 15) is 8.42 Å². The van der Waals surface area contributed by atoms with Crippen LogP contribution in [0.5, 0.6) is 0 Å². The topological polar surface area (TPSA) is 106 Å². The molecule has 0 spiro atoms. The summed E-state index contributed by atoms with van der Waals surface area (Å²) in [6.45, 7) is 3.49. The van der Waals surface area contributed by atoms with E-state index in [1.54, 1.807) is 32.0 Å². The maximum atomic E-state index is 12.5. The number of H-pyrrole nitrogens is 1. The molecule has 0 saturated heterocycles. The van der Waals surface area contributed by atoms with Crippen molar-refractivity contribution >= 4 is 39.2 Å². The van der Waals surface area contributed by atoms with Crippen LogP contribution in [0.15, 0.2) is 29.4 Å². The summed E-state index contributed by atoms with van der Waals surface area (Å²) in [5.74, 6) is -0.0526. The van der Waals surface area contributed by atoms with Gasteiger partial charge in [-0.05, 0) is 26.0 Å². The van der Waals surface area contributed by atoms with E-state index in [0.717, 1.165) is 0 Å². The lowest BCUT2D eigenvalue weighted by atomic mass is 10.2. The molecule has 25 heavy (non-hydrogen) atoms. The maximum Gasteiger partial charge on any atom is 0.267 e. The van der Waals surface area contributed by atoms with Crippen LogP contribution >= 0.6 is 23.2 Å². The number of aryl methyl sites for hydroxylation is 2. The van der Waals surface area contributed by atoms with Gasteiger partial charge in [-0.25, -0.2) is 17.8 Å². The normalized spacial score (nSPS) is 11.7. The van der Waals surface area contributed by atoms with Crippen LogP contribution in [0.1, 0.15) is 17.0 Å². The van der Waals surface area contributed by atoms with Crippen molar-refractivity contribution in [3.8, 4) is 0 Å². The fourth-order valence-electron chi connectivity index (χ4n) is 2.37. The monoisotopic (exact) mass is 400 g/mol. The average Bonchev–Trinajstić information content (AvgIpc) is 3.09. The van der Waals surface area contributed by atoms with Gasteiger partial charge in [0.15, 0.2) is 0 Å². The minimum absolute atomic E-state index is 0.0526. The Morgan fingerprint density at radius 2 is 1.92 bits per heavy atom. The molecule has 0 bridgehead atoms. The SMILES string of the molecule is Cc1n[nH]c(C)c1S(=O)(=O)Nc1ncn(Cc2c(Cl)cccc2Cl)n1. The molecule has 11 heteroatoms. The summed E-state index contributed by atoms with van der Waals surface area (Å²) in [7, 11) is -3.84. The van der Waals surface area contributed by atoms with Crippen LogP contribution in [0.4, 0.5) is 5.95 Å². The van der Waals surface area contributed by atoms with Gasteiger partial charge in [-0.1, -0.05) is 29.3 Å². The number of rotatable bonds is 5. The first-order valence-electron chi connectivity index (χ1n) is 7.14. The van der Waals surface area contributed by atoms with Crippen LogP contribution < -0.4 is 4.72 Å². The molecule has 0 aliphatic carbocycles. The van der Waals surface area contributed by atoms with Crippen LogP contribution in [-0.4, -0.2) is 33.4 Å². The summed E-state index contributed by atoms with van der Waals surface area (Å²) in [5.41, 5.74) is 1.48. The summed E-state index contributed by atoms with van der Waals surface area (Å²) in [4.78, 5) is 4.05. The van der Waals surface area contributed by atoms with Gasteiger partial charge in [0, 0.05) is 15.6 Å². The van der Waals surface area contributed by atoms with E-state index in [1.807, 2.05) is 0 Å². The van der Waals surface area contributed by atoms with Crippen molar-refractivity contribution < 1.29 is 8.42 Å².